The third-order valence-corrected chi connectivity index (χ3v) is 4.13. The molecule has 5 heteroatoms. The van der Waals surface area contributed by atoms with Crippen molar-refractivity contribution in [3.05, 3.63) is 32.8 Å². The van der Waals surface area contributed by atoms with Gasteiger partial charge < -0.3 is 5.32 Å². The van der Waals surface area contributed by atoms with Gasteiger partial charge in [-0.1, -0.05) is 19.3 Å². The second-order valence-electron chi connectivity index (χ2n) is 4.81. The Morgan fingerprint density at radius 2 is 2.06 bits per heavy atom. The lowest BCUT2D eigenvalue weighted by Gasteiger charge is -2.22. The van der Waals surface area contributed by atoms with Gasteiger partial charge in [0.2, 0.25) is 0 Å². The lowest BCUT2D eigenvalue weighted by atomic mass is 9.89. The molecule has 1 aliphatic carbocycles. The average molecular weight is 313 g/mol. The van der Waals surface area contributed by atoms with Crippen LogP contribution in [0.25, 0.3) is 0 Å². The Morgan fingerprint density at radius 3 is 2.72 bits per heavy atom. The Labute approximate surface area is 115 Å². The molecular formula is C13H17BrN2O2. The summed E-state index contributed by atoms with van der Waals surface area (Å²) >= 11 is 3.19. The summed E-state index contributed by atoms with van der Waals surface area (Å²) in [5, 5.41) is 14.1. The number of hydrogen-bond acceptors (Lipinski definition) is 3. The predicted octanol–water partition coefficient (Wildman–Crippen LogP) is 4.35. The molecule has 0 saturated heterocycles. The molecule has 0 spiro atoms. The molecule has 1 N–H and O–H groups in total. The minimum Gasteiger partial charge on any atom is -0.385 e. The number of halogens is 1. The van der Waals surface area contributed by atoms with Crippen molar-refractivity contribution in [1.29, 1.82) is 0 Å². The number of anilines is 1. The number of nitro groups is 1. The van der Waals surface area contributed by atoms with Gasteiger partial charge in [-0.05, 0) is 46.8 Å². The maximum absolute atomic E-state index is 10.8. The standard InChI is InChI=1S/C13H17BrN2O2/c14-12-7-6-11(8-13(12)16(17)18)15-9-10-4-2-1-3-5-10/h6-8,10,15H,1-5,9H2. The zero-order chi connectivity index (χ0) is 13.0. The van der Waals surface area contributed by atoms with E-state index in [1.165, 1.54) is 32.1 Å². The molecule has 0 aliphatic heterocycles. The van der Waals surface area contributed by atoms with Gasteiger partial charge in [-0.3, -0.25) is 10.1 Å². The highest BCUT2D eigenvalue weighted by atomic mass is 79.9. The van der Waals surface area contributed by atoms with Crippen molar-refractivity contribution in [2.75, 3.05) is 11.9 Å². The number of nitro benzene ring substituents is 1. The topological polar surface area (TPSA) is 55.2 Å². The molecule has 0 atom stereocenters. The Hall–Kier alpha value is -1.10. The molecule has 1 aromatic rings. The number of benzene rings is 1. The molecule has 1 saturated carbocycles. The van der Waals surface area contributed by atoms with Crippen LogP contribution in [-0.4, -0.2) is 11.5 Å². The van der Waals surface area contributed by atoms with E-state index >= 15 is 0 Å². The van der Waals surface area contributed by atoms with Crippen LogP contribution in [0.15, 0.2) is 22.7 Å². The van der Waals surface area contributed by atoms with Crippen molar-refractivity contribution in [3.63, 3.8) is 0 Å². The summed E-state index contributed by atoms with van der Waals surface area (Å²) in [4.78, 5) is 10.5. The van der Waals surface area contributed by atoms with Crippen molar-refractivity contribution < 1.29 is 4.92 Å². The number of nitrogens with zero attached hydrogens (tertiary/aromatic N) is 1. The van der Waals surface area contributed by atoms with Crippen LogP contribution in [0, 0.1) is 16.0 Å². The molecule has 4 nitrogen and oxygen atoms in total. The number of rotatable bonds is 4. The van der Waals surface area contributed by atoms with Gasteiger partial charge in [-0.15, -0.1) is 0 Å². The number of nitrogens with one attached hydrogen (secondary N) is 1. The molecule has 98 valence electrons. The molecule has 1 fully saturated rings. The van der Waals surface area contributed by atoms with Crippen LogP contribution in [-0.2, 0) is 0 Å². The summed E-state index contributed by atoms with van der Waals surface area (Å²) < 4.78 is 0.524. The van der Waals surface area contributed by atoms with Crippen molar-refractivity contribution in [2.24, 2.45) is 5.92 Å². The lowest BCUT2D eigenvalue weighted by molar-refractivity contribution is -0.385. The van der Waals surface area contributed by atoms with Crippen LogP contribution in [0.1, 0.15) is 32.1 Å². The highest BCUT2D eigenvalue weighted by Gasteiger charge is 2.15. The van der Waals surface area contributed by atoms with Crippen molar-refractivity contribution >= 4 is 27.3 Å². The van der Waals surface area contributed by atoms with Gasteiger partial charge in [0, 0.05) is 18.3 Å². The normalized spacial score (nSPS) is 16.5. The summed E-state index contributed by atoms with van der Waals surface area (Å²) in [6, 6.07) is 5.19. The highest BCUT2D eigenvalue weighted by Crippen LogP contribution is 2.29. The van der Waals surface area contributed by atoms with Crippen molar-refractivity contribution in [2.45, 2.75) is 32.1 Å². The second kappa shape index (κ2) is 6.18. The fraction of sp³-hybridized carbons (Fsp3) is 0.538. The molecule has 0 heterocycles. The maximum atomic E-state index is 10.8. The van der Waals surface area contributed by atoms with Gasteiger partial charge >= 0.3 is 0 Å². The Balaban J connectivity index is 1.96. The zero-order valence-corrected chi connectivity index (χ0v) is 11.8. The molecule has 0 amide bonds. The Kier molecular flexibility index (Phi) is 4.58. The van der Waals surface area contributed by atoms with Crippen LogP contribution in [0.4, 0.5) is 11.4 Å². The molecule has 1 aromatic carbocycles. The zero-order valence-electron chi connectivity index (χ0n) is 10.2. The third kappa shape index (κ3) is 3.45. The van der Waals surface area contributed by atoms with Gasteiger partial charge in [0.25, 0.3) is 5.69 Å². The summed E-state index contributed by atoms with van der Waals surface area (Å²) in [5.74, 6) is 0.710. The fourth-order valence-electron chi connectivity index (χ4n) is 2.42. The van der Waals surface area contributed by atoms with E-state index in [1.54, 1.807) is 12.1 Å². The van der Waals surface area contributed by atoms with E-state index in [1.807, 2.05) is 6.07 Å². The summed E-state index contributed by atoms with van der Waals surface area (Å²) in [6.07, 6.45) is 6.51. The van der Waals surface area contributed by atoms with Gasteiger partial charge in [-0.2, -0.15) is 0 Å². The molecule has 0 bridgehead atoms. The van der Waals surface area contributed by atoms with E-state index in [2.05, 4.69) is 21.2 Å². The largest absolute Gasteiger partial charge is 0.385 e. The SMILES string of the molecule is O=[N+]([O-])c1cc(NCC2CCCCC2)ccc1Br. The van der Waals surface area contributed by atoms with E-state index in [9.17, 15) is 10.1 Å². The van der Waals surface area contributed by atoms with Crippen molar-refractivity contribution in [1.82, 2.24) is 0 Å². The maximum Gasteiger partial charge on any atom is 0.285 e. The molecular weight excluding hydrogens is 296 g/mol. The number of hydrogen-bond donors (Lipinski definition) is 1. The van der Waals surface area contributed by atoms with Gasteiger partial charge in [0.1, 0.15) is 0 Å². The molecule has 0 aromatic heterocycles. The van der Waals surface area contributed by atoms with Gasteiger partial charge in [0.15, 0.2) is 0 Å². The minimum absolute atomic E-state index is 0.114. The van der Waals surface area contributed by atoms with E-state index in [0.717, 1.165) is 12.2 Å². The first-order valence-corrected chi connectivity index (χ1v) is 7.14. The van der Waals surface area contributed by atoms with Gasteiger partial charge in [-0.25, -0.2) is 0 Å². The van der Waals surface area contributed by atoms with Crippen molar-refractivity contribution in [3.8, 4) is 0 Å². The molecule has 0 unspecified atom stereocenters. The van der Waals surface area contributed by atoms with Crippen LogP contribution in [0.5, 0.6) is 0 Å². The van der Waals surface area contributed by atoms with Crippen LogP contribution in [0.2, 0.25) is 0 Å². The van der Waals surface area contributed by atoms with E-state index < -0.39 is 0 Å². The molecule has 1 aliphatic rings. The first kappa shape index (κ1) is 13.3. The summed E-state index contributed by atoms with van der Waals surface area (Å²) in [5.41, 5.74) is 0.944. The lowest BCUT2D eigenvalue weighted by Crippen LogP contribution is -2.17. The van der Waals surface area contributed by atoms with E-state index in [-0.39, 0.29) is 10.6 Å². The minimum atomic E-state index is -0.365. The average Bonchev–Trinajstić information content (AvgIpc) is 2.38. The second-order valence-corrected chi connectivity index (χ2v) is 5.66. The summed E-state index contributed by atoms with van der Waals surface area (Å²) in [6.45, 7) is 0.915. The van der Waals surface area contributed by atoms with E-state index in [0.29, 0.717) is 10.4 Å². The quantitative estimate of drug-likeness (QED) is 0.664. The van der Waals surface area contributed by atoms with Crippen LogP contribution in [0.3, 0.4) is 0 Å². The van der Waals surface area contributed by atoms with Gasteiger partial charge in [0.05, 0.1) is 9.40 Å². The van der Waals surface area contributed by atoms with Crippen LogP contribution < -0.4 is 5.32 Å². The highest BCUT2D eigenvalue weighted by molar-refractivity contribution is 9.10. The summed E-state index contributed by atoms with van der Waals surface area (Å²) in [7, 11) is 0. The smallest absolute Gasteiger partial charge is 0.285 e. The third-order valence-electron chi connectivity index (χ3n) is 3.46. The monoisotopic (exact) mass is 312 g/mol. The molecule has 0 radical (unpaired) electrons. The first-order valence-electron chi connectivity index (χ1n) is 6.34. The molecule has 18 heavy (non-hydrogen) atoms. The van der Waals surface area contributed by atoms with E-state index in [4.69, 9.17) is 0 Å². The Morgan fingerprint density at radius 1 is 1.33 bits per heavy atom. The predicted molar refractivity (Wildman–Crippen MR) is 75.9 cm³/mol. The van der Waals surface area contributed by atoms with Crippen LogP contribution >= 0.6 is 15.9 Å². The fourth-order valence-corrected chi connectivity index (χ4v) is 2.81. The molecule has 2 rings (SSSR count). The first-order chi connectivity index (χ1) is 8.66. The Bertz CT molecular complexity index is 431.